The van der Waals surface area contributed by atoms with Crippen LogP contribution < -0.4 is 0 Å². The van der Waals surface area contributed by atoms with Crippen molar-refractivity contribution in [3.05, 3.63) is 34.4 Å². The van der Waals surface area contributed by atoms with E-state index in [-0.39, 0.29) is 16.2 Å². The van der Waals surface area contributed by atoms with Gasteiger partial charge in [-0.25, -0.2) is 4.39 Å². The molecule has 0 unspecified atom stereocenters. The van der Waals surface area contributed by atoms with Gasteiger partial charge in [-0.15, -0.1) is 0 Å². The van der Waals surface area contributed by atoms with E-state index in [0.717, 1.165) is 6.07 Å². The minimum Gasteiger partial charge on any atom is -0.300 e. The average molecular weight is 291 g/mol. The van der Waals surface area contributed by atoms with E-state index >= 15 is 0 Å². The van der Waals surface area contributed by atoms with Crippen LogP contribution in [0.4, 0.5) is 17.6 Å². The topological polar surface area (TPSA) is 33.6 Å². The molecular formula is C11H9F4N3S. The monoisotopic (exact) mass is 291 g/mol. The van der Waals surface area contributed by atoms with Gasteiger partial charge in [-0.2, -0.15) is 18.3 Å². The zero-order chi connectivity index (χ0) is 14.2. The summed E-state index contributed by atoms with van der Waals surface area (Å²) >= 11 is 4.92. The lowest BCUT2D eigenvalue weighted by Crippen LogP contribution is -2.10. The van der Waals surface area contributed by atoms with Gasteiger partial charge in [-0.3, -0.25) is 5.10 Å². The SMILES string of the molecule is CCn1c(-c2cccc(C(F)(F)F)c2F)n[nH]c1=S. The molecule has 1 aromatic carbocycles. The van der Waals surface area contributed by atoms with Gasteiger partial charge in [0, 0.05) is 6.54 Å². The second-order valence-electron chi connectivity index (χ2n) is 3.76. The first kappa shape index (κ1) is 13.7. The number of nitrogens with one attached hydrogen (secondary N) is 1. The third kappa shape index (κ3) is 2.40. The second-order valence-corrected chi connectivity index (χ2v) is 4.15. The Hall–Kier alpha value is -1.70. The summed E-state index contributed by atoms with van der Waals surface area (Å²) in [4.78, 5) is 0. The molecule has 2 aromatic rings. The van der Waals surface area contributed by atoms with E-state index in [1.807, 2.05) is 0 Å². The molecule has 0 bridgehead atoms. The van der Waals surface area contributed by atoms with Gasteiger partial charge in [0.15, 0.2) is 10.6 Å². The van der Waals surface area contributed by atoms with Crippen LogP contribution >= 0.6 is 12.2 Å². The minimum absolute atomic E-state index is 0.0519. The molecule has 0 aliphatic carbocycles. The first-order valence-electron chi connectivity index (χ1n) is 5.37. The highest BCUT2D eigenvalue weighted by molar-refractivity contribution is 7.71. The molecule has 0 saturated carbocycles. The molecule has 19 heavy (non-hydrogen) atoms. The van der Waals surface area contributed by atoms with E-state index < -0.39 is 17.6 Å². The molecule has 1 N–H and O–H groups in total. The molecule has 0 amide bonds. The molecule has 0 atom stereocenters. The van der Waals surface area contributed by atoms with E-state index in [1.54, 1.807) is 6.92 Å². The zero-order valence-electron chi connectivity index (χ0n) is 9.75. The summed E-state index contributed by atoms with van der Waals surface area (Å²) in [5.41, 5.74) is -1.55. The lowest BCUT2D eigenvalue weighted by molar-refractivity contribution is -0.139. The minimum atomic E-state index is -4.75. The van der Waals surface area contributed by atoms with E-state index in [0.29, 0.717) is 12.6 Å². The maximum absolute atomic E-state index is 14.0. The molecule has 0 fully saturated rings. The van der Waals surface area contributed by atoms with Crippen molar-refractivity contribution >= 4 is 12.2 Å². The standard InChI is InChI=1S/C11H9F4N3S/c1-2-18-9(16-17-10(18)19)6-4-3-5-7(8(6)12)11(13,14)15/h3-5H,2H2,1H3,(H,17,19). The molecule has 0 spiro atoms. The number of benzene rings is 1. The molecule has 0 aliphatic rings. The molecule has 102 valence electrons. The van der Waals surface area contributed by atoms with Gasteiger partial charge in [-0.1, -0.05) is 6.07 Å². The number of nitrogens with zero attached hydrogens (tertiary/aromatic N) is 2. The molecular weight excluding hydrogens is 282 g/mol. The molecule has 1 heterocycles. The smallest absolute Gasteiger partial charge is 0.300 e. The third-order valence-electron chi connectivity index (χ3n) is 2.62. The first-order valence-corrected chi connectivity index (χ1v) is 5.78. The Labute approximate surface area is 110 Å². The Morgan fingerprint density at radius 3 is 2.63 bits per heavy atom. The van der Waals surface area contributed by atoms with Crippen molar-refractivity contribution in [1.29, 1.82) is 0 Å². The molecule has 0 radical (unpaired) electrons. The Balaban J connectivity index is 2.67. The average Bonchev–Trinajstić information content (AvgIpc) is 2.69. The molecule has 0 aliphatic heterocycles. The lowest BCUT2D eigenvalue weighted by Gasteiger charge is -2.11. The number of alkyl halides is 3. The van der Waals surface area contributed by atoms with Crippen LogP contribution in [0.1, 0.15) is 12.5 Å². The maximum atomic E-state index is 14.0. The molecule has 1 aromatic heterocycles. The predicted octanol–water partition coefficient (Wildman–Crippen LogP) is 3.79. The van der Waals surface area contributed by atoms with Gasteiger partial charge < -0.3 is 4.57 Å². The van der Waals surface area contributed by atoms with Crippen molar-refractivity contribution in [3.8, 4) is 11.4 Å². The van der Waals surface area contributed by atoms with Crippen molar-refractivity contribution < 1.29 is 17.6 Å². The van der Waals surface area contributed by atoms with Crippen LogP contribution in [-0.2, 0) is 12.7 Å². The Morgan fingerprint density at radius 1 is 1.37 bits per heavy atom. The van der Waals surface area contributed by atoms with Gasteiger partial charge in [-0.05, 0) is 31.3 Å². The van der Waals surface area contributed by atoms with Crippen molar-refractivity contribution in [3.63, 3.8) is 0 Å². The summed E-state index contributed by atoms with van der Waals surface area (Å²) in [6.45, 7) is 2.11. The van der Waals surface area contributed by atoms with Gasteiger partial charge >= 0.3 is 6.18 Å². The highest BCUT2D eigenvalue weighted by Gasteiger charge is 2.35. The first-order chi connectivity index (χ1) is 8.86. The van der Waals surface area contributed by atoms with Crippen LogP contribution in [0.3, 0.4) is 0 Å². The van der Waals surface area contributed by atoms with Crippen LogP contribution in [0.25, 0.3) is 11.4 Å². The van der Waals surface area contributed by atoms with Crippen LogP contribution in [0.5, 0.6) is 0 Å². The summed E-state index contributed by atoms with van der Waals surface area (Å²) in [7, 11) is 0. The second kappa shape index (κ2) is 4.76. The fourth-order valence-corrected chi connectivity index (χ4v) is 2.00. The number of aromatic amines is 1. The number of halogens is 4. The van der Waals surface area contributed by atoms with Crippen LogP contribution in [-0.4, -0.2) is 14.8 Å². The third-order valence-corrected chi connectivity index (χ3v) is 2.93. The molecule has 0 saturated heterocycles. The number of hydrogen-bond donors (Lipinski definition) is 1. The van der Waals surface area contributed by atoms with Gasteiger partial charge in [0.05, 0.1) is 11.1 Å². The number of aromatic nitrogens is 3. The lowest BCUT2D eigenvalue weighted by atomic mass is 10.1. The van der Waals surface area contributed by atoms with E-state index in [1.165, 1.54) is 10.6 Å². The fraction of sp³-hybridized carbons (Fsp3) is 0.273. The quantitative estimate of drug-likeness (QED) is 0.674. The largest absolute Gasteiger partial charge is 0.419 e. The Morgan fingerprint density at radius 2 is 2.05 bits per heavy atom. The number of rotatable bonds is 2. The van der Waals surface area contributed by atoms with Gasteiger partial charge in [0.1, 0.15) is 5.82 Å². The normalized spacial score (nSPS) is 11.8. The van der Waals surface area contributed by atoms with Crippen LogP contribution in [0, 0.1) is 10.6 Å². The van der Waals surface area contributed by atoms with E-state index in [9.17, 15) is 17.6 Å². The van der Waals surface area contributed by atoms with E-state index in [4.69, 9.17) is 12.2 Å². The highest BCUT2D eigenvalue weighted by Crippen LogP contribution is 2.34. The van der Waals surface area contributed by atoms with E-state index in [2.05, 4.69) is 10.2 Å². The molecule has 8 heteroatoms. The summed E-state index contributed by atoms with van der Waals surface area (Å²) in [6.07, 6.45) is -4.75. The van der Waals surface area contributed by atoms with Crippen LogP contribution in [0.2, 0.25) is 0 Å². The summed E-state index contributed by atoms with van der Waals surface area (Å²) in [5, 5.41) is 6.22. The number of hydrogen-bond acceptors (Lipinski definition) is 2. The number of H-pyrrole nitrogens is 1. The molecule has 2 rings (SSSR count). The zero-order valence-corrected chi connectivity index (χ0v) is 10.6. The Kier molecular flexibility index (Phi) is 3.44. The summed E-state index contributed by atoms with van der Waals surface area (Å²) < 4.78 is 53.5. The van der Waals surface area contributed by atoms with Crippen molar-refractivity contribution in [2.45, 2.75) is 19.6 Å². The summed E-state index contributed by atoms with van der Waals surface area (Å²) in [5.74, 6) is -1.30. The highest BCUT2D eigenvalue weighted by atomic mass is 32.1. The van der Waals surface area contributed by atoms with Gasteiger partial charge in [0.2, 0.25) is 0 Å². The van der Waals surface area contributed by atoms with Gasteiger partial charge in [0.25, 0.3) is 0 Å². The maximum Gasteiger partial charge on any atom is 0.419 e. The summed E-state index contributed by atoms with van der Waals surface area (Å²) in [6, 6.07) is 3.07. The fourth-order valence-electron chi connectivity index (χ4n) is 1.74. The molecule has 3 nitrogen and oxygen atoms in total. The predicted molar refractivity (Wildman–Crippen MR) is 63.5 cm³/mol. The van der Waals surface area contributed by atoms with Crippen molar-refractivity contribution in [1.82, 2.24) is 14.8 Å². The van der Waals surface area contributed by atoms with Crippen LogP contribution in [0.15, 0.2) is 18.2 Å². The van der Waals surface area contributed by atoms with Crippen molar-refractivity contribution in [2.24, 2.45) is 0 Å². The van der Waals surface area contributed by atoms with Crippen molar-refractivity contribution in [2.75, 3.05) is 0 Å². The Bertz CT molecular complexity index is 657.